The van der Waals surface area contributed by atoms with Crippen LogP contribution in [0.1, 0.15) is 15.9 Å². The van der Waals surface area contributed by atoms with Crippen LogP contribution in [0.5, 0.6) is 0 Å². The lowest BCUT2D eigenvalue weighted by molar-refractivity contribution is 0.102. The molecule has 3 heteroatoms. The minimum absolute atomic E-state index is 0.280. The highest BCUT2D eigenvalue weighted by Crippen LogP contribution is 2.27. The lowest BCUT2D eigenvalue weighted by atomic mass is 10.1. The monoisotopic (exact) mass is 210 g/mol. The van der Waals surface area contributed by atoms with E-state index in [0.717, 1.165) is 11.3 Å². The molecule has 0 unspecified atom stereocenters. The molecule has 0 aliphatic carbocycles. The molecule has 0 bridgehead atoms. The van der Waals surface area contributed by atoms with Crippen LogP contribution >= 0.6 is 23.5 Å². The van der Waals surface area contributed by atoms with Crippen LogP contribution in [0.15, 0.2) is 23.1 Å². The van der Waals surface area contributed by atoms with E-state index in [1.165, 1.54) is 10.5 Å². The first kappa shape index (κ1) is 9.16. The maximum atomic E-state index is 11.5. The zero-order valence-electron chi connectivity index (χ0n) is 7.37. The van der Waals surface area contributed by atoms with Crippen molar-refractivity contribution in [2.45, 2.75) is 10.6 Å². The molecule has 1 aliphatic heterocycles. The summed E-state index contributed by atoms with van der Waals surface area (Å²) in [4.78, 5) is 12.7. The number of thioether (sulfide) groups is 2. The fraction of sp³-hybridized carbons (Fsp3) is 0.300. The maximum Gasteiger partial charge on any atom is 0.173 e. The van der Waals surface area contributed by atoms with Gasteiger partial charge in [-0.2, -0.15) is 0 Å². The Hall–Kier alpha value is -0.410. The number of Topliss-reactive ketones (excluding diaryl/α,β-unsaturated/α-hetero) is 1. The quantitative estimate of drug-likeness (QED) is 0.663. The largest absolute Gasteiger partial charge is 0.293 e. The van der Waals surface area contributed by atoms with E-state index in [0.29, 0.717) is 5.75 Å². The van der Waals surface area contributed by atoms with Gasteiger partial charge in [0.05, 0.1) is 5.75 Å². The van der Waals surface area contributed by atoms with E-state index >= 15 is 0 Å². The molecule has 0 fully saturated rings. The highest BCUT2D eigenvalue weighted by atomic mass is 32.2. The molecular formula is C10H10OS2. The predicted octanol–water partition coefficient (Wildman–Crippen LogP) is 2.84. The molecule has 0 atom stereocenters. The summed E-state index contributed by atoms with van der Waals surface area (Å²) < 4.78 is 0. The zero-order chi connectivity index (χ0) is 9.26. The molecule has 1 heterocycles. The van der Waals surface area contributed by atoms with E-state index in [-0.39, 0.29) is 5.78 Å². The summed E-state index contributed by atoms with van der Waals surface area (Å²) in [6.45, 7) is 0. The standard InChI is InChI=1S/C10H10OS2/c1-12-8-3-2-7-5-13-6-10(11)9(7)4-8/h2-4H,5-6H2,1H3. The topological polar surface area (TPSA) is 17.1 Å². The second-order valence-electron chi connectivity index (χ2n) is 2.94. The van der Waals surface area contributed by atoms with Gasteiger partial charge in [0.1, 0.15) is 0 Å². The molecule has 68 valence electrons. The molecule has 13 heavy (non-hydrogen) atoms. The molecule has 0 amide bonds. The first-order valence-corrected chi connectivity index (χ1v) is 6.47. The summed E-state index contributed by atoms with van der Waals surface area (Å²) in [5.74, 6) is 1.91. The number of carbonyl (C=O) groups is 1. The number of hydrogen-bond acceptors (Lipinski definition) is 3. The van der Waals surface area contributed by atoms with Gasteiger partial charge in [0.2, 0.25) is 0 Å². The fourth-order valence-corrected chi connectivity index (χ4v) is 2.75. The molecule has 1 aromatic carbocycles. The third-order valence-electron chi connectivity index (χ3n) is 2.11. The molecule has 1 aliphatic rings. The number of rotatable bonds is 1. The summed E-state index contributed by atoms with van der Waals surface area (Å²) in [7, 11) is 0. The molecule has 0 spiro atoms. The molecule has 0 saturated carbocycles. The predicted molar refractivity (Wildman–Crippen MR) is 58.7 cm³/mol. The number of fused-ring (bicyclic) bond motifs is 1. The summed E-state index contributed by atoms with van der Waals surface area (Å²) in [6.07, 6.45) is 2.03. The van der Waals surface area contributed by atoms with E-state index in [9.17, 15) is 4.79 Å². The number of ketones is 1. The fourth-order valence-electron chi connectivity index (χ4n) is 1.40. The van der Waals surface area contributed by atoms with E-state index in [1.807, 2.05) is 12.3 Å². The second-order valence-corrected chi connectivity index (χ2v) is 4.80. The van der Waals surface area contributed by atoms with Crippen LogP contribution in [0, 0.1) is 0 Å². The van der Waals surface area contributed by atoms with E-state index in [1.54, 1.807) is 23.5 Å². The average Bonchev–Trinajstić information content (AvgIpc) is 2.18. The van der Waals surface area contributed by atoms with Gasteiger partial charge in [0, 0.05) is 16.2 Å². The first-order valence-electron chi connectivity index (χ1n) is 4.09. The van der Waals surface area contributed by atoms with Crippen molar-refractivity contribution in [3.63, 3.8) is 0 Å². The lowest BCUT2D eigenvalue weighted by Gasteiger charge is -2.14. The lowest BCUT2D eigenvalue weighted by Crippen LogP contribution is -2.11. The highest BCUT2D eigenvalue weighted by molar-refractivity contribution is 7.99. The van der Waals surface area contributed by atoms with Crippen molar-refractivity contribution in [2.24, 2.45) is 0 Å². The van der Waals surface area contributed by atoms with Gasteiger partial charge in [0.25, 0.3) is 0 Å². The average molecular weight is 210 g/mol. The molecule has 0 N–H and O–H groups in total. The van der Waals surface area contributed by atoms with Gasteiger partial charge >= 0.3 is 0 Å². The van der Waals surface area contributed by atoms with Gasteiger partial charge in [-0.3, -0.25) is 4.79 Å². The van der Waals surface area contributed by atoms with Crippen LogP contribution in [0.2, 0.25) is 0 Å². The molecule has 1 aromatic rings. The van der Waals surface area contributed by atoms with Gasteiger partial charge in [-0.25, -0.2) is 0 Å². The summed E-state index contributed by atoms with van der Waals surface area (Å²) >= 11 is 3.39. The van der Waals surface area contributed by atoms with E-state index in [2.05, 4.69) is 12.1 Å². The Balaban J connectivity index is 2.47. The summed E-state index contributed by atoms with van der Waals surface area (Å²) in [5.41, 5.74) is 2.13. The van der Waals surface area contributed by atoms with Gasteiger partial charge in [-0.1, -0.05) is 6.07 Å². The van der Waals surface area contributed by atoms with Crippen LogP contribution in [0.3, 0.4) is 0 Å². The van der Waals surface area contributed by atoms with Crippen molar-refractivity contribution in [1.82, 2.24) is 0 Å². The second kappa shape index (κ2) is 3.76. The Bertz CT molecular complexity index is 347. The number of hydrogen-bond donors (Lipinski definition) is 0. The minimum atomic E-state index is 0.280. The first-order chi connectivity index (χ1) is 6.31. The Labute approximate surface area is 86.3 Å². The molecule has 0 radical (unpaired) electrons. The van der Waals surface area contributed by atoms with Crippen LogP contribution in [0.25, 0.3) is 0 Å². The van der Waals surface area contributed by atoms with Crippen LogP contribution in [-0.4, -0.2) is 17.8 Å². The third-order valence-corrected chi connectivity index (χ3v) is 3.81. The van der Waals surface area contributed by atoms with Crippen LogP contribution in [0.4, 0.5) is 0 Å². The maximum absolute atomic E-state index is 11.5. The molecule has 2 rings (SSSR count). The van der Waals surface area contributed by atoms with Crippen LogP contribution < -0.4 is 0 Å². The van der Waals surface area contributed by atoms with E-state index in [4.69, 9.17) is 0 Å². The molecular weight excluding hydrogens is 200 g/mol. The van der Waals surface area contributed by atoms with Crippen molar-refractivity contribution in [3.05, 3.63) is 29.3 Å². The third kappa shape index (κ3) is 1.76. The Morgan fingerprint density at radius 3 is 3.00 bits per heavy atom. The molecule has 0 saturated heterocycles. The zero-order valence-corrected chi connectivity index (χ0v) is 9.00. The van der Waals surface area contributed by atoms with Gasteiger partial charge in [0.15, 0.2) is 5.78 Å². The summed E-state index contributed by atoms with van der Waals surface area (Å²) in [5, 5.41) is 0. The Morgan fingerprint density at radius 2 is 2.23 bits per heavy atom. The van der Waals surface area contributed by atoms with Crippen LogP contribution in [-0.2, 0) is 5.75 Å². The molecule has 0 aromatic heterocycles. The number of benzene rings is 1. The van der Waals surface area contributed by atoms with Crippen molar-refractivity contribution in [1.29, 1.82) is 0 Å². The van der Waals surface area contributed by atoms with Crippen molar-refractivity contribution >= 4 is 29.3 Å². The molecule has 1 nitrogen and oxygen atoms in total. The SMILES string of the molecule is CSc1ccc2c(c1)C(=O)CSC2. The minimum Gasteiger partial charge on any atom is -0.293 e. The van der Waals surface area contributed by atoms with Crippen molar-refractivity contribution < 1.29 is 4.79 Å². The Morgan fingerprint density at radius 1 is 1.38 bits per heavy atom. The normalized spacial score (nSPS) is 15.6. The van der Waals surface area contributed by atoms with Gasteiger partial charge in [-0.15, -0.1) is 23.5 Å². The number of carbonyl (C=O) groups excluding carboxylic acids is 1. The van der Waals surface area contributed by atoms with Gasteiger partial charge < -0.3 is 0 Å². The highest BCUT2D eigenvalue weighted by Gasteiger charge is 2.17. The van der Waals surface area contributed by atoms with E-state index < -0.39 is 0 Å². The Kier molecular flexibility index (Phi) is 2.65. The van der Waals surface area contributed by atoms with Crippen molar-refractivity contribution in [3.8, 4) is 0 Å². The smallest absolute Gasteiger partial charge is 0.173 e. The summed E-state index contributed by atoms with van der Waals surface area (Å²) in [6, 6.07) is 6.18. The van der Waals surface area contributed by atoms with Gasteiger partial charge in [-0.05, 0) is 24.0 Å². The van der Waals surface area contributed by atoms with Crippen molar-refractivity contribution in [2.75, 3.05) is 12.0 Å².